The van der Waals surface area contributed by atoms with Crippen LogP contribution >= 0.6 is 0 Å². The third-order valence-corrected chi connectivity index (χ3v) is 10.7. The molecule has 0 aromatic rings. The number of nitrogens with zero attached hydrogens (tertiary/aromatic N) is 2. The Hall–Kier alpha value is -0.883. The second-order valence-corrected chi connectivity index (χ2v) is 13.9. The van der Waals surface area contributed by atoms with E-state index >= 15 is 0 Å². The highest BCUT2D eigenvalue weighted by atomic mass is 28.4. The van der Waals surface area contributed by atoms with Gasteiger partial charge in [-0.25, -0.2) is 4.99 Å². The van der Waals surface area contributed by atoms with E-state index in [0.29, 0.717) is 18.5 Å². The van der Waals surface area contributed by atoms with Gasteiger partial charge in [0.1, 0.15) is 0 Å². The van der Waals surface area contributed by atoms with Gasteiger partial charge in [0.15, 0.2) is 19.8 Å². The van der Waals surface area contributed by atoms with Crippen molar-refractivity contribution in [2.24, 2.45) is 16.6 Å². The third-order valence-electron chi connectivity index (χ3n) is 6.20. The summed E-state index contributed by atoms with van der Waals surface area (Å²) in [7, 11) is -0.221. The van der Waals surface area contributed by atoms with Crippen LogP contribution in [0.5, 0.6) is 0 Å². The van der Waals surface area contributed by atoms with Gasteiger partial charge in [0, 0.05) is 7.05 Å². The number of carbonyl (C=O) groups is 1. The van der Waals surface area contributed by atoms with Crippen LogP contribution in [-0.2, 0) is 9.22 Å². The first-order valence-corrected chi connectivity index (χ1v) is 12.2. The number of amides is 1. The molecule has 1 saturated carbocycles. The summed E-state index contributed by atoms with van der Waals surface area (Å²) in [6, 6.07) is 0. The number of hydrogen-bond acceptors (Lipinski definition) is 4. The Kier molecular flexibility index (Phi) is 5.50. The lowest BCUT2D eigenvalue weighted by Gasteiger charge is -2.39. The van der Waals surface area contributed by atoms with E-state index in [9.17, 15) is 4.79 Å². The lowest BCUT2D eigenvalue weighted by atomic mass is 9.79. The zero-order valence-corrected chi connectivity index (χ0v) is 17.3. The molecule has 0 aromatic heterocycles. The molecule has 24 heavy (non-hydrogen) atoms. The van der Waals surface area contributed by atoms with Crippen molar-refractivity contribution in [3.63, 3.8) is 0 Å². The molecule has 1 heterocycles. The minimum atomic E-state index is -1.94. The molecule has 5 nitrogen and oxygen atoms in total. The van der Waals surface area contributed by atoms with Crippen molar-refractivity contribution in [1.82, 2.24) is 4.90 Å². The molecule has 1 fully saturated rings. The van der Waals surface area contributed by atoms with Crippen molar-refractivity contribution in [2.75, 3.05) is 13.7 Å². The maximum Gasteiger partial charge on any atom is 0.259 e. The molecule has 1 amide bonds. The Balaban J connectivity index is 2.19. The summed E-state index contributed by atoms with van der Waals surface area (Å²) in [4.78, 5) is 19.1. The number of carbonyl (C=O) groups excluding carboxylic acids is 1. The van der Waals surface area contributed by atoms with Crippen LogP contribution in [0.1, 0.15) is 59.3 Å². The lowest BCUT2D eigenvalue weighted by Crippen LogP contribution is -2.50. The van der Waals surface area contributed by atoms with Crippen molar-refractivity contribution in [1.29, 1.82) is 0 Å². The Morgan fingerprint density at radius 3 is 2.33 bits per heavy atom. The van der Waals surface area contributed by atoms with Gasteiger partial charge in [0.25, 0.3) is 5.91 Å². The topological polar surface area (TPSA) is 67.9 Å². The monoisotopic (exact) mass is 353 g/mol. The van der Waals surface area contributed by atoms with Gasteiger partial charge >= 0.3 is 0 Å². The van der Waals surface area contributed by atoms with Crippen LogP contribution in [-0.4, -0.2) is 44.3 Å². The van der Waals surface area contributed by atoms with Gasteiger partial charge in [0.2, 0.25) is 0 Å². The molecular formula is C18H35N3O2Si. The molecule has 1 aliphatic heterocycles. The van der Waals surface area contributed by atoms with Crippen molar-refractivity contribution in [3.05, 3.63) is 0 Å². The zero-order valence-electron chi connectivity index (χ0n) is 16.3. The number of guanidine groups is 1. The van der Waals surface area contributed by atoms with Crippen LogP contribution < -0.4 is 5.73 Å². The van der Waals surface area contributed by atoms with E-state index in [1.807, 2.05) is 0 Å². The SMILES string of the molecule is CN1C(=O)C(CO[Si](C)(C)C(C)(C)C)(CC2CCCCC2)N=C1N. The van der Waals surface area contributed by atoms with Crippen LogP contribution in [0.4, 0.5) is 0 Å². The quantitative estimate of drug-likeness (QED) is 0.769. The van der Waals surface area contributed by atoms with E-state index < -0.39 is 13.9 Å². The molecule has 1 atom stereocenters. The van der Waals surface area contributed by atoms with E-state index in [2.05, 4.69) is 38.9 Å². The molecule has 2 N–H and O–H groups in total. The average Bonchev–Trinajstić information content (AvgIpc) is 2.70. The largest absolute Gasteiger partial charge is 0.414 e. The van der Waals surface area contributed by atoms with Gasteiger partial charge in [0.05, 0.1) is 6.61 Å². The van der Waals surface area contributed by atoms with Crippen LogP contribution in [0.25, 0.3) is 0 Å². The first-order chi connectivity index (χ1) is 11.0. The maximum absolute atomic E-state index is 12.9. The molecule has 0 aromatic carbocycles. The predicted octanol–water partition coefficient (Wildman–Crippen LogP) is 3.50. The molecule has 1 unspecified atom stereocenters. The Labute approximate surface area is 148 Å². The number of aliphatic imine (C=N–C) groups is 1. The molecule has 2 rings (SSSR count). The van der Waals surface area contributed by atoms with Gasteiger partial charge in [-0.2, -0.15) is 0 Å². The van der Waals surface area contributed by atoms with Crippen LogP contribution in [0.2, 0.25) is 18.1 Å². The first kappa shape index (κ1) is 19.4. The standard InChI is InChI=1S/C18H35N3O2Si/c1-17(2,3)24(5,6)23-13-18(12-14-10-8-7-9-11-14)15(22)21(4)16(19)20-18/h14H,7-13H2,1-6H3,(H2,19,20). The van der Waals surface area contributed by atoms with Gasteiger partial charge in [-0.15, -0.1) is 0 Å². The Bertz CT molecular complexity index is 507. The summed E-state index contributed by atoms with van der Waals surface area (Å²) in [5, 5.41) is 0.113. The highest BCUT2D eigenvalue weighted by Gasteiger charge is 2.50. The Morgan fingerprint density at radius 1 is 1.29 bits per heavy atom. The fourth-order valence-electron chi connectivity index (χ4n) is 3.43. The van der Waals surface area contributed by atoms with E-state index in [1.54, 1.807) is 7.05 Å². The zero-order chi connectivity index (χ0) is 18.2. The van der Waals surface area contributed by atoms with Crippen LogP contribution in [0, 0.1) is 5.92 Å². The average molecular weight is 354 g/mol. The predicted molar refractivity (Wildman–Crippen MR) is 101 cm³/mol. The van der Waals surface area contributed by atoms with Gasteiger partial charge in [-0.3, -0.25) is 9.69 Å². The smallest absolute Gasteiger partial charge is 0.259 e. The summed E-state index contributed by atoms with van der Waals surface area (Å²) in [6.07, 6.45) is 6.97. The van der Waals surface area contributed by atoms with Crippen molar-refractivity contribution in [3.8, 4) is 0 Å². The summed E-state index contributed by atoms with van der Waals surface area (Å²) in [5.74, 6) is 0.882. The number of nitrogens with two attached hydrogens (primary N) is 1. The van der Waals surface area contributed by atoms with Gasteiger partial charge in [-0.05, 0) is 30.5 Å². The molecule has 2 aliphatic rings. The molecular weight excluding hydrogens is 318 g/mol. The fraction of sp³-hybridized carbons (Fsp3) is 0.889. The first-order valence-electron chi connectivity index (χ1n) is 9.26. The minimum Gasteiger partial charge on any atom is -0.414 e. The van der Waals surface area contributed by atoms with E-state index in [0.717, 1.165) is 6.42 Å². The molecule has 6 heteroatoms. The van der Waals surface area contributed by atoms with Gasteiger partial charge < -0.3 is 10.2 Å². The lowest BCUT2D eigenvalue weighted by molar-refractivity contribution is -0.132. The van der Waals surface area contributed by atoms with Crippen LogP contribution in [0.3, 0.4) is 0 Å². The van der Waals surface area contributed by atoms with Gasteiger partial charge in [-0.1, -0.05) is 52.9 Å². The normalized spacial score (nSPS) is 26.8. The summed E-state index contributed by atoms with van der Waals surface area (Å²) >= 11 is 0. The molecule has 0 radical (unpaired) electrons. The Morgan fingerprint density at radius 2 is 1.88 bits per heavy atom. The minimum absolute atomic E-state index is 0.00397. The summed E-state index contributed by atoms with van der Waals surface area (Å²) < 4.78 is 6.42. The third kappa shape index (κ3) is 3.85. The van der Waals surface area contributed by atoms with E-state index in [1.165, 1.54) is 37.0 Å². The summed E-state index contributed by atoms with van der Waals surface area (Å²) in [6.45, 7) is 11.5. The molecule has 0 saturated heterocycles. The van der Waals surface area contributed by atoms with E-state index in [4.69, 9.17) is 10.2 Å². The fourth-order valence-corrected chi connectivity index (χ4v) is 4.46. The highest BCUT2D eigenvalue weighted by molar-refractivity contribution is 6.74. The second-order valence-electron chi connectivity index (χ2n) is 9.12. The van der Waals surface area contributed by atoms with Crippen molar-refractivity contribution < 1.29 is 9.22 Å². The van der Waals surface area contributed by atoms with Crippen molar-refractivity contribution in [2.45, 2.75) is 83.0 Å². The molecule has 1 aliphatic carbocycles. The maximum atomic E-state index is 12.9. The van der Waals surface area contributed by atoms with Crippen molar-refractivity contribution >= 4 is 20.2 Å². The second kappa shape index (κ2) is 6.79. The number of hydrogen-bond donors (Lipinski definition) is 1. The molecule has 0 spiro atoms. The molecule has 0 bridgehead atoms. The highest BCUT2D eigenvalue weighted by Crippen LogP contribution is 2.40. The van der Waals surface area contributed by atoms with E-state index in [-0.39, 0.29) is 10.9 Å². The summed E-state index contributed by atoms with van der Waals surface area (Å²) in [5.41, 5.74) is 5.18. The molecule has 138 valence electrons. The number of rotatable bonds is 5. The number of likely N-dealkylation sites (N-methyl/N-ethyl adjacent to an activating group) is 1. The van der Waals surface area contributed by atoms with Crippen LogP contribution in [0.15, 0.2) is 4.99 Å².